The van der Waals surface area contributed by atoms with Gasteiger partial charge in [0.05, 0.1) is 18.1 Å². The molecule has 1 aromatic carbocycles. The lowest BCUT2D eigenvalue weighted by Gasteiger charge is -2.32. The lowest BCUT2D eigenvalue weighted by Crippen LogP contribution is -2.50. The van der Waals surface area contributed by atoms with Crippen molar-refractivity contribution in [2.24, 2.45) is 11.3 Å². The standard InChI is InChI=1S/C18H26FNO3/c1-18(2,3)16(11-23-15-10-5-4-8-13(15)19)20-17(22)12-7-6-9-14(12)21/h4-5,8,10,12,14,16,21H,6-7,9,11H2,1-3H3,(H,20,22). The summed E-state index contributed by atoms with van der Waals surface area (Å²) in [5.41, 5.74) is -0.246. The van der Waals surface area contributed by atoms with Crippen LogP contribution in [0, 0.1) is 17.2 Å². The van der Waals surface area contributed by atoms with Crippen molar-refractivity contribution in [3.05, 3.63) is 30.1 Å². The summed E-state index contributed by atoms with van der Waals surface area (Å²) < 4.78 is 19.2. The van der Waals surface area contributed by atoms with Gasteiger partial charge in [0.25, 0.3) is 0 Å². The molecule has 1 fully saturated rings. The van der Waals surface area contributed by atoms with E-state index in [4.69, 9.17) is 4.74 Å². The van der Waals surface area contributed by atoms with E-state index in [9.17, 15) is 14.3 Å². The summed E-state index contributed by atoms with van der Waals surface area (Å²) in [6, 6.07) is 5.94. The summed E-state index contributed by atoms with van der Waals surface area (Å²) in [6.07, 6.45) is 1.68. The maximum atomic E-state index is 13.7. The summed E-state index contributed by atoms with van der Waals surface area (Å²) in [6.45, 7) is 6.16. The van der Waals surface area contributed by atoms with Crippen LogP contribution in [-0.4, -0.2) is 29.8 Å². The van der Waals surface area contributed by atoms with Crippen molar-refractivity contribution in [1.82, 2.24) is 5.32 Å². The van der Waals surface area contributed by atoms with Crippen LogP contribution in [0.1, 0.15) is 40.0 Å². The molecule has 0 bridgehead atoms. The van der Waals surface area contributed by atoms with Gasteiger partial charge >= 0.3 is 0 Å². The number of carbonyl (C=O) groups excluding carboxylic acids is 1. The number of ether oxygens (including phenoxy) is 1. The summed E-state index contributed by atoms with van der Waals surface area (Å²) in [7, 11) is 0. The van der Waals surface area contributed by atoms with Crippen molar-refractivity contribution in [2.45, 2.75) is 52.2 Å². The molecule has 1 saturated carbocycles. The van der Waals surface area contributed by atoms with Crippen molar-refractivity contribution >= 4 is 5.91 Å². The van der Waals surface area contributed by atoms with Gasteiger partial charge in [-0.15, -0.1) is 0 Å². The lowest BCUT2D eigenvalue weighted by atomic mass is 9.86. The molecule has 128 valence electrons. The second-order valence-corrected chi connectivity index (χ2v) is 7.27. The number of halogens is 1. The highest BCUT2D eigenvalue weighted by Crippen LogP contribution is 2.27. The fourth-order valence-electron chi connectivity index (χ4n) is 2.77. The minimum absolute atomic E-state index is 0.146. The number of rotatable bonds is 5. The first kappa shape index (κ1) is 17.7. The van der Waals surface area contributed by atoms with Gasteiger partial charge in [0.15, 0.2) is 11.6 Å². The van der Waals surface area contributed by atoms with Crippen LogP contribution in [0.5, 0.6) is 5.75 Å². The second-order valence-electron chi connectivity index (χ2n) is 7.27. The number of aliphatic hydroxyl groups is 1. The Bertz CT molecular complexity index is 541. The molecule has 5 heteroatoms. The third kappa shape index (κ3) is 4.67. The third-order valence-electron chi connectivity index (χ3n) is 4.42. The minimum Gasteiger partial charge on any atom is -0.488 e. The van der Waals surface area contributed by atoms with E-state index in [-0.39, 0.29) is 35.6 Å². The number of amides is 1. The maximum Gasteiger partial charge on any atom is 0.226 e. The monoisotopic (exact) mass is 323 g/mol. The molecule has 0 aliphatic heterocycles. The van der Waals surface area contributed by atoms with Crippen LogP contribution in [0.3, 0.4) is 0 Å². The van der Waals surface area contributed by atoms with Crippen molar-refractivity contribution in [1.29, 1.82) is 0 Å². The Kier molecular flexibility index (Phi) is 5.63. The molecule has 0 saturated heterocycles. The number of hydrogen-bond donors (Lipinski definition) is 2. The number of nitrogens with one attached hydrogen (secondary N) is 1. The van der Waals surface area contributed by atoms with Crippen LogP contribution in [0.15, 0.2) is 24.3 Å². The Morgan fingerprint density at radius 3 is 2.65 bits per heavy atom. The molecule has 1 aliphatic carbocycles. The molecular formula is C18H26FNO3. The smallest absolute Gasteiger partial charge is 0.226 e. The Labute approximate surface area is 137 Å². The molecule has 1 amide bonds. The van der Waals surface area contributed by atoms with Gasteiger partial charge in [0.1, 0.15) is 6.61 Å². The van der Waals surface area contributed by atoms with Crippen LogP contribution < -0.4 is 10.1 Å². The van der Waals surface area contributed by atoms with Crippen LogP contribution in [0.25, 0.3) is 0 Å². The van der Waals surface area contributed by atoms with Crippen LogP contribution in [0.2, 0.25) is 0 Å². The summed E-state index contributed by atoms with van der Waals surface area (Å²) in [5, 5.41) is 12.9. The molecule has 0 heterocycles. The average Bonchev–Trinajstić information content (AvgIpc) is 2.90. The largest absolute Gasteiger partial charge is 0.488 e. The highest BCUT2D eigenvalue weighted by Gasteiger charge is 2.35. The molecule has 2 rings (SSSR count). The third-order valence-corrected chi connectivity index (χ3v) is 4.42. The van der Waals surface area contributed by atoms with Crippen LogP contribution >= 0.6 is 0 Å². The summed E-state index contributed by atoms with van der Waals surface area (Å²) in [5.74, 6) is -0.741. The second kappa shape index (κ2) is 7.30. The van der Waals surface area contributed by atoms with Crippen LogP contribution in [-0.2, 0) is 4.79 Å². The zero-order valence-corrected chi connectivity index (χ0v) is 14.0. The van der Waals surface area contributed by atoms with E-state index in [1.807, 2.05) is 20.8 Å². The molecule has 2 N–H and O–H groups in total. The molecule has 3 unspecified atom stereocenters. The van der Waals surface area contributed by atoms with E-state index in [0.717, 1.165) is 6.42 Å². The Morgan fingerprint density at radius 1 is 1.39 bits per heavy atom. The molecular weight excluding hydrogens is 297 g/mol. The minimum atomic E-state index is -0.567. The molecule has 0 spiro atoms. The van der Waals surface area contributed by atoms with Gasteiger partial charge in [-0.1, -0.05) is 32.9 Å². The van der Waals surface area contributed by atoms with Gasteiger partial charge in [-0.25, -0.2) is 4.39 Å². The average molecular weight is 323 g/mol. The van der Waals surface area contributed by atoms with Gasteiger partial charge in [-0.05, 0) is 36.8 Å². The molecule has 23 heavy (non-hydrogen) atoms. The molecule has 3 atom stereocenters. The lowest BCUT2D eigenvalue weighted by molar-refractivity contribution is -0.129. The van der Waals surface area contributed by atoms with Gasteiger partial charge in [-0.2, -0.15) is 0 Å². The Morgan fingerprint density at radius 2 is 2.09 bits per heavy atom. The van der Waals surface area contributed by atoms with E-state index in [0.29, 0.717) is 12.8 Å². The Hall–Kier alpha value is -1.62. The summed E-state index contributed by atoms with van der Waals surface area (Å²) in [4.78, 5) is 12.4. The highest BCUT2D eigenvalue weighted by molar-refractivity contribution is 5.80. The van der Waals surface area contributed by atoms with Crippen molar-refractivity contribution in [3.8, 4) is 5.75 Å². The predicted octanol–water partition coefficient (Wildman–Crippen LogP) is 2.90. The van der Waals surface area contributed by atoms with Crippen molar-refractivity contribution in [2.75, 3.05) is 6.61 Å². The fraction of sp³-hybridized carbons (Fsp3) is 0.611. The van der Waals surface area contributed by atoms with Gasteiger partial charge in [-0.3, -0.25) is 4.79 Å². The number of aliphatic hydroxyl groups excluding tert-OH is 1. The molecule has 1 aliphatic rings. The number of carbonyl (C=O) groups is 1. The number of hydrogen-bond acceptors (Lipinski definition) is 3. The van der Waals surface area contributed by atoms with Crippen molar-refractivity contribution < 1.29 is 19.0 Å². The van der Waals surface area contributed by atoms with Gasteiger partial charge in [0, 0.05) is 0 Å². The zero-order chi connectivity index (χ0) is 17.0. The first-order valence-electron chi connectivity index (χ1n) is 8.15. The van der Waals surface area contributed by atoms with Crippen molar-refractivity contribution in [3.63, 3.8) is 0 Å². The summed E-state index contributed by atoms with van der Waals surface area (Å²) >= 11 is 0. The van der Waals surface area contributed by atoms with Gasteiger partial charge < -0.3 is 15.2 Å². The number of para-hydroxylation sites is 1. The first-order valence-corrected chi connectivity index (χ1v) is 8.15. The highest BCUT2D eigenvalue weighted by atomic mass is 19.1. The molecule has 4 nitrogen and oxygen atoms in total. The molecule has 0 aromatic heterocycles. The van der Waals surface area contributed by atoms with E-state index in [2.05, 4.69) is 5.32 Å². The zero-order valence-electron chi connectivity index (χ0n) is 14.0. The Balaban J connectivity index is 2.00. The quantitative estimate of drug-likeness (QED) is 0.876. The van der Waals surface area contributed by atoms with Crippen LogP contribution in [0.4, 0.5) is 4.39 Å². The molecule has 0 radical (unpaired) electrons. The fourth-order valence-corrected chi connectivity index (χ4v) is 2.77. The number of benzene rings is 1. The maximum absolute atomic E-state index is 13.7. The SMILES string of the molecule is CC(C)(C)C(COc1ccccc1F)NC(=O)C1CCCC1O. The van der Waals surface area contributed by atoms with E-state index in [1.54, 1.807) is 18.2 Å². The van der Waals surface area contributed by atoms with E-state index < -0.39 is 11.9 Å². The predicted molar refractivity (Wildman–Crippen MR) is 86.6 cm³/mol. The topological polar surface area (TPSA) is 58.6 Å². The van der Waals surface area contributed by atoms with Gasteiger partial charge in [0.2, 0.25) is 5.91 Å². The van der Waals surface area contributed by atoms with E-state index in [1.165, 1.54) is 6.07 Å². The first-order chi connectivity index (χ1) is 10.8. The normalized spacial score (nSPS) is 22.7. The van der Waals surface area contributed by atoms with E-state index >= 15 is 0 Å². The molecule has 1 aromatic rings.